The molecule has 2 atom stereocenters. The van der Waals surface area contributed by atoms with Crippen LogP contribution in [-0.4, -0.2) is 60.1 Å². The van der Waals surface area contributed by atoms with Gasteiger partial charge in [-0.3, -0.25) is 4.90 Å². The van der Waals surface area contributed by atoms with Crippen molar-refractivity contribution in [2.75, 3.05) is 26.2 Å². The molecule has 0 spiro atoms. The lowest BCUT2D eigenvalue weighted by Crippen LogP contribution is -2.55. The van der Waals surface area contributed by atoms with Gasteiger partial charge in [-0.15, -0.1) is 0 Å². The lowest BCUT2D eigenvalue weighted by Gasteiger charge is -2.38. The number of fused-ring (bicyclic) bond motifs is 1. The van der Waals surface area contributed by atoms with Crippen molar-refractivity contribution < 1.29 is 8.42 Å². The zero-order chi connectivity index (χ0) is 13.3. The highest BCUT2D eigenvalue weighted by atomic mass is 32.2. The molecule has 2 saturated heterocycles. The summed E-state index contributed by atoms with van der Waals surface area (Å²) in [5.41, 5.74) is 5.56. The minimum absolute atomic E-state index is 0.0892. The molecule has 2 fully saturated rings. The molecule has 104 valence electrons. The van der Waals surface area contributed by atoms with Gasteiger partial charge in [0.1, 0.15) is 5.25 Å². The lowest BCUT2D eigenvalue weighted by molar-refractivity contribution is 0.158. The Morgan fingerprint density at radius 3 is 2.78 bits per heavy atom. The molecule has 0 aromatic rings. The lowest BCUT2D eigenvalue weighted by atomic mass is 10.2. The topological polar surface area (TPSA) is 66.6 Å². The van der Waals surface area contributed by atoms with Gasteiger partial charge < -0.3 is 5.73 Å². The Balaban J connectivity index is 2.13. The van der Waals surface area contributed by atoms with Gasteiger partial charge in [0, 0.05) is 25.7 Å². The van der Waals surface area contributed by atoms with E-state index in [1.807, 2.05) is 6.92 Å². The van der Waals surface area contributed by atoms with Gasteiger partial charge in [0.25, 0.3) is 0 Å². The number of rotatable bonds is 4. The van der Waals surface area contributed by atoms with E-state index in [0.29, 0.717) is 25.6 Å². The zero-order valence-electron chi connectivity index (χ0n) is 10.7. The SMILES string of the molecule is CCC(C(N)=S)S(=O)(=O)N1CCN2CCCC2C1. The predicted octanol–water partition coefficient (Wildman–Crippen LogP) is 0.161. The minimum Gasteiger partial charge on any atom is -0.392 e. The minimum atomic E-state index is -3.37. The van der Waals surface area contributed by atoms with Crippen LogP contribution >= 0.6 is 12.2 Å². The molecule has 0 bridgehead atoms. The first-order chi connectivity index (χ1) is 8.46. The molecule has 0 radical (unpaired) electrons. The average Bonchev–Trinajstić information content (AvgIpc) is 2.75. The first-order valence-electron chi connectivity index (χ1n) is 6.49. The van der Waals surface area contributed by atoms with E-state index in [1.165, 1.54) is 6.42 Å². The summed E-state index contributed by atoms with van der Waals surface area (Å²) >= 11 is 4.89. The first kappa shape index (κ1) is 14.2. The number of hydrogen-bond acceptors (Lipinski definition) is 4. The summed E-state index contributed by atoms with van der Waals surface area (Å²) in [4.78, 5) is 2.47. The maximum absolute atomic E-state index is 12.5. The van der Waals surface area contributed by atoms with Gasteiger partial charge in [-0.25, -0.2) is 8.42 Å². The second kappa shape index (κ2) is 5.40. The number of nitrogens with two attached hydrogens (primary N) is 1. The highest BCUT2D eigenvalue weighted by Gasteiger charge is 2.39. The molecule has 0 amide bonds. The molecule has 2 unspecified atom stereocenters. The summed E-state index contributed by atoms with van der Waals surface area (Å²) in [5.74, 6) is 0. The molecule has 0 saturated carbocycles. The second-order valence-electron chi connectivity index (χ2n) is 5.03. The van der Waals surface area contributed by atoms with E-state index >= 15 is 0 Å². The summed E-state index contributed by atoms with van der Waals surface area (Å²) < 4.78 is 26.6. The van der Waals surface area contributed by atoms with Crippen molar-refractivity contribution in [2.24, 2.45) is 5.73 Å². The van der Waals surface area contributed by atoms with E-state index in [9.17, 15) is 8.42 Å². The van der Waals surface area contributed by atoms with Gasteiger partial charge in [0.15, 0.2) is 0 Å². The Kier molecular flexibility index (Phi) is 4.25. The van der Waals surface area contributed by atoms with Crippen molar-refractivity contribution in [1.82, 2.24) is 9.21 Å². The molecular formula is C11H21N3O2S2. The van der Waals surface area contributed by atoms with Gasteiger partial charge in [0.05, 0.1) is 4.99 Å². The van der Waals surface area contributed by atoms with Crippen molar-refractivity contribution in [2.45, 2.75) is 37.5 Å². The Hall–Kier alpha value is -0.240. The quantitative estimate of drug-likeness (QED) is 0.748. The normalized spacial score (nSPS) is 27.9. The summed E-state index contributed by atoms with van der Waals surface area (Å²) in [5, 5.41) is -0.708. The van der Waals surface area contributed by atoms with E-state index in [0.717, 1.165) is 19.5 Å². The number of nitrogens with zero attached hydrogens (tertiary/aromatic N) is 2. The Bertz CT molecular complexity index is 424. The molecule has 0 aromatic heterocycles. The smallest absolute Gasteiger partial charge is 0.223 e. The summed E-state index contributed by atoms with van der Waals surface area (Å²) in [6, 6.07) is 0.386. The Morgan fingerprint density at radius 1 is 1.44 bits per heavy atom. The fraction of sp³-hybridized carbons (Fsp3) is 0.909. The van der Waals surface area contributed by atoms with Gasteiger partial charge in [-0.2, -0.15) is 4.31 Å². The molecule has 2 aliphatic rings. The van der Waals surface area contributed by atoms with Crippen molar-refractivity contribution >= 4 is 27.2 Å². The average molecular weight is 291 g/mol. The molecule has 18 heavy (non-hydrogen) atoms. The molecular weight excluding hydrogens is 270 g/mol. The maximum Gasteiger partial charge on any atom is 0.223 e. The van der Waals surface area contributed by atoms with Crippen LogP contribution in [0.1, 0.15) is 26.2 Å². The third kappa shape index (κ3) is 2.54. The van der Waals surface area contributed by atoms with E-state index in [1.54, 1.807) is 4.31 Å². The third-order valence-electron chi connectivity index (χ3n) is 3.96. The number of sulfonamides is 1. The summed E-state index contributed by atoms with van der Waals surface area (Å²) in [6.07, 6.45) is 2.71. The van der Waals surface area contributed by atoms with Crippen molar-refractivity contribution in [3.63, 3.8) is 0 Å². The van der Waals surface area contributed by atoms with E-state index < -0.39 is 15.3 Å². The molecule has 2 rings (SSSR count). The van der Waals surface area contributed by atoms with Gasteiger partial charge in [-0.1, -0.05) is 19.1 Å². The predicted molar refractivity (Wildman–Crippen MR) is 76.0 cm³/mol. The number of thiocarbonyl (C=S) groups is 1. The summed E-state index contributed by atoms with van der Waals surface area (Å²) in [7, 11) is -3.37. The van der Waals surface area contributed by atoms with E-state index in [-0.39, 0.29) is 4.99 Å². The van der Waals surface area contributed by atoms with Gasteiger partial charge in [0.2, 0.25) is 10.0 Å². The maximum atomic E-state index is 12.5. The Morgan fingerprint density at radius 2 is 2.17 bits per heavy atom. The van der Waals surface area contributed by atoms with Gasteiger partial charge in [-0.05, 0) is 25.8 Å². The van der Waals surface area contributed by atoms with Crippen LogP contribution in [0.3, 0.4) is 0 Å². The van der Waals surface area contributed by atoms with Gasteiger partial charge >= 0.3 is 0 Å². The molecule has 2 aliphatic heterocycles. The summed E-state index contributed by atoms with van der Waals surface area (Å²) in [6.45, 7) is 4.91. The van der Waals surface area contributed by atoms with Crippen LogP contribution < -0.4 is 5.73 Å². The highest BCUT2D eigenvalue weighted by Crippen LogP contribution is 2.25. The van der Waals surface area contributed by atoms with E-state index in [4.69, 9.17) is 18.0 Å². The van der Waals surface area contributed by atoms with Crippen LogP contribution in [0.2, 0.25) is 0 Å². The van der Waals surface area contributed by atoms with E-state index in [2.05, 4.69) is 4.90 Å². The van der Waals surface area contributed by atoms with Crippen LogP contribution in [-0.2, 0) is 10.0 Å². The molecule has 7 heteroatoms. The fourth-order valence-corrected chi connectivity index (χ4v) is 5.25. The molecule has 5 nitrogen and oxygen atoms in total. The van der Waals surface area contributed by atoms with Crippen LogP contribution in [0.5, 0.6) is 0 Å². The van der Waals surface area contributed by atoms with Crippen molar-refractivity contribution in [1.29, 1.82) is 0 Å². The van der Waals surface area contributed by atoms with Crippen LogP contribution in [0.15, 0.2) is 0 Å². The van der Waals surface area contributed by atoms with Crippen molar-refractivity contribution in [3.05, 3.63) is 0 Å². The third-order valence-corrected chi connectivity index (χ3v) is 6.75. The monoisotopic (exact) mass is 291 g/mol. The van der Waals surface area contributed by atoms with Crippen molar-refractivity contribution in [3.8, 4) is 0 Å². The Labute approximate surface area is 114 Å². The molecule has 0 aliphatic carbocycles. The van der Waals surface area contributed by atoms with Crippen LogP contribution in [0.4, 0.5) is 0 Å². The zero-order valence-corrected chi connectivity index (χ0v) is 12.3. The van der Waals surface area contributed by atoms with Crippen LogP contribution in [0.25, 0.3) is 0 Å². The molecule has 0 aromatic carbocycles. The number of hydrogen-bond donors (Lipinski definition) is 1. The fourth-order valence-electron chi connectivity index (χ4n) is 2.93. The highest BCUT2D eigenvalue weighted by molar-refractivity contribution is 7.92. The molecule has 2 N–H and O–H groups in total. The largest absolute Gasteiger partial charge is 0.392 e. The first-order valence-corrected chi connectivity index (χ1v) is 8.40. The molecule has 2 heterocycles. The second-order valence-corrected chi connectivity index (χ2v) is 7.62. The standard InChI is InChI=1S/C11H21N3O2S2/c1-2-10(11(12)17)18(15,16)14-7-6-13-5-3-4-9(13)8-14/h9-10H,2-8H2,1H3,(H2,12,17). The number of piperazine rings is 1. The van der Waals surface area contributed by atoms with Crippen LogP contribution in [0, 0.1) is 0 Å².